The van der Waals surface area contributed by atoms with Crippen LogP contribution in [0.1, 0.15) is 28.8 Å². The number of hydrogen-bond acceptors (Lipinski definition) is 8. The predicted molar refractivity (Wildman–Crippen MR) is 132 cm³/mol. The highest BCUT2D eigenvalue weighted by Crippen LogP contribution is 2.26. The van der Waals surface area contributed by atoms with Crippen LogP contribution >= 0.6 is 23.1 Å². The molecule has 1 unspecified atom stereocenters. The zero-order chi connectivity index (χ0) is 23.0. The van der Waals surface area contributed by atoms with Crippen molar-refractivity contribution < 1.29 is 14.3 Å². The highest BCUT2D eigenvalue weighted by atomic mass is 32.2. The minimum atomic E-state index is -0.282. The molecular weight excluding hydrogens is 458 g/mol. The Morgan fingerprint density at radius 1 is 1.15 bits per heavy atom. The molecule has 0 radical (unpaired) electrons. The molecular formula is C23H25N5O3S2. The minimum Gasteiger partial charge on any atom is -0.376 e. The number of aromatic nitrogens is 2. The highest BCUT2D eigenvalue weighted by molar-refractivity contribution is 8.01. The van der Waals surface area contributed by atoms with E-state index in [0.29, 0.717) is 33.0 Å². The molecule has 1 aromatic heterocycles. The van der Waals surface area contributed by atoms with E-state index in [4.69, 9.17) is 4.74 Å². The molecule has 1 aliphatic heterocycles. The molecule has 1 fully saturated rings. The molecule has 0 bridgehead atoms. The van der Waals surface area contributed by atoms with Gasteiger partial charge in [0.15, 0.2) is 4.34 Å². The van der Waals surface area contributed by atoms with Crippen LogP contribution in [-0.2, 0) is 9.53 Å². The number of para-hydroxylation sites is 1. The van der Waals surface area contributed by atoms with Gasteiger partial charge >= 0.3 is 0 Å². The molecule has 2 aromatic carbocycles. The topological polar surface area (TPSA) is 105 Å². The minimum absolute atomic E-state index is 0.161. The molecule has 3 aromatic rings. The first-order valence-electron chi connectivity index (χ1n) is 10.7. The van der Waals surface area contributed by atoms with Gasteiger partial charge < -0.3 is 20.7 Å². The van der Waals surface area contributed by atoms with E-state index in [0.717, 1.165) is 25.0 Å². The number of benzene rings is 2. The lowest BCUT2D eigenvalue weighted by molar-refractivity contribution is -0.113. The Balaban J connectivity index is 1.29. The Hall–Kier alpha value is -2.95. The van der Waals surface area contributed by atoms with Crippen LogP contribution in [0.2, 0.25) is 0 Å². The van der Waals surface area contributed by atoms with Gasteiger partial charge in [0, 0.05) is 18.8 Å². The Morgan fingerprint density at radius 2 is 2.03 bits per heavy atom. The Morgan fingerprint density at radius 3 is 2.85 bits per heavy atom. The van der Waals surface area contributed by atoms with Crippen molar-refractivity contribution >= 4 is 51.4 Å². The zero-order valence-electron chi connectivity index (χ0n) is 18.2. The molecule has 8 nitrogen and oxygen atoms in total. The van der Waals surface area contributed by atoms with E-state index < -0.39 is 0 Å². The van der Waals surface area contributed by atoms with Crippen LogP contribution in [0.15, 0.2) is 52.9 Å². The summed E-state index contributed by atoms with van der Waals surface area (Å²) in [6, 6.07) is 14.5. The van der Waals surface area contributed by atoms with Gasteiger partial charge in [-0.3, -0.25) is 9.59 Å². The fourth-order valence-corrected chi connectivity index (χ4v) is 4.93. The van der Waals surface area contributed by atoms with Crippen LogP contribution in [0.25, 0.3) is 0 Å². The maximum atomic E-state index is 12.8. The van der Waals surface area contributed by atoms with Crippen LogP contribution in [0.4, 0.5) is 16.5 Å². The highest BCUT2D eigenvalue weighted by Gasteiger charge is 2.17. The summed E-state index contributed by atoms with van der Waals surface area (Å²) in [6.45, 7) is 3.49. The summed E-state index contributed by atoms with van der Waals surface area (Å²) in [5.74, 6) is -0.344. The summed E-state index contributed by atoms with van der Waals surface area (Å²) in [5, 5.41) is 17.9. The smallest absolute Gasteiger partial charge is 0.257 e. The summed E-state index contributed by atoms with van der Waals surface area (Å²) in [5.41, 5.74) is 2.61. The number of nitrogens with one attached hydrogen (secondary N) is 3. The second kappa shape index (κ2) is 11.3. The molecule has 33 heavy (non-hydrogen) atoms. The van der Waals surface area contributed by atoms with Gasteiger partial charge in [-0.1, -0.05) is 47.4 Å². The number of anilines is 3. The van der Waals surface area contributed by atoms with Crippen molar-refractivity contribution in [1.29, 1.82) is 0 Å². The lowest BCUT2D eigenvalue weighted by atomic mass is 10.1. The van der Waals surface area contributed by atoms with Crippen LogP contribution in [-0.4, -0.2) is 47.0 Å². The van der Waals surface area contributed by atoms with Gasteiger partial charge in [0.1, 0.15) is 0 Å². The summed E-state index contributed by atoms with van der Waals surface area (Å²) in [7, 11) is 0. The molecule has 172 valence electrons. The second-order valence-electron chi connectivity index (χ2n) is 7.60. The molecule has 0 aliphatic carbocycles. The maximum Gasteiger partial charge on any atom is 0.257 e. The third-order valence-corrected chi connectivity index (χ3v) is 6.97. The van der Waals surface area contributed by atoms with Crippen molar-refractivity contribution in [3.8, 4) is 0 Å². The van der Waals surface area contributed by atoms with Gasteiger partial charge in [-0.05, 0) is 49.6 Å². The van der Waals surface area contributed by atoms with Gasteiger partial charge in [-0.15, -0.1) is 10.2 Å². The molecule has 0 spiro atoms. The number of amides is 2. The van der Waals surface area contributed by atoms with Crippen molar-refractivity contribution in [2.45, 2.75) is 30.2 Å². The van der Waals surface area contributed by atoms with E-state index in [9.17, 15) is 9.59 Å². The molecule has 1 atom stereocenters. The lowest BCUT2D eigenvalue weighted by Gasteiger charge is -2.11. The molecule has 3 N–H and O–H groups in total. The van der Waals surface area contributed by atoms with E-state index in [2.05, 4.69) is 26.1 Å². The average molecular weight is 484 g/mol. The summed E-state index contributed by atoms with van der Waals surface area (Å²) < 4.78 is 6.29. The number of carbonyl (C=O) groups excluding carboxylic acids is 2. The summed E-state index contributed by atoms with van der Waals surface area (Å²) in [4.78, 5) is 25.3. The number of ether oxygens (including phenoxy) is 1. The molecule has 1 aliphatic rings. The molecule has 10 heteroatoms. The fourth-order valence-electron chi connectivity index (χ4n) is 3.37. The van der Waals surface area contributed by atoms with Crippen molar-refractivity contribution in [3.63, 3.8) is 0 Å². The van der Waals surface area contributed by atoms with Gasteiger partial charge in [0.25, 0.3) is 5.91 Å². The first-order valence-corrected chi connectivity index (χ1v) is 12.5. The molecule has 2 heterocycles. The third kappa shape index (κ3) is 6.77. The standard InChI is InChI=1S/C23H25N5O3S2/c1-15-6-4-7-16(12-15)25-21(30)18-9-2-3-10-19(18)26-20(29)14-32-23-28-27-22(33-23)24-13-17-8-5-11-31-17/h2-4,6-7,9-10,12,17H,5,8,11,13-14H2,1H3,(H,24,27)(H,25,30)(H,26,29). The Labute approximate surface area is 200 Å². The van der Waals surface area contributed by atoms with Crippen LogP contribution in [0.3, 0.4) is 0 Å². The number of nitrogens with zero attached hydrogens (tertiary/aromatic N) is 2. The fraction of sp³-hybridized carbons (Fsp3) is 0.304. The van der Waals surface area contributed by atoms with Gasteiger partial charge in [-0.25, -0.2) is 0 Å². The Bertz CT molecular complexity index is 1110. The first kappa shape index (κ1) is 23.2. The van der Waals surface area contributed by atoms with Crippen molar-refractivity contribution in [2.24, 2.45) is 0 Å². The number of thioether (sulfide) groups is 1. The number of aryl methyl sites for hydroxylation is 1. The van der Waals surface area contributed by atoms with E-state index in [1.54, 1.807) is 24.3 Å². The quantitative estimate of drug-likeness (QED) is 0.387. The number of hydrogen-bond donors (Lipinski definition) is 3. The van der Waals surface area contributed by atoms with E-state index in [-0.39, 0.29) is 23.7 Å². The van der Waals surface area contributed by atoms with Crippen molar-refractivity contribution in [3.05, 3.63) is 59.7 Å². The third-order valence-electron chi connectivity index (χ3n) is 4.96. The van der Waals surface area contributed by atoms with Crippen LogP contribution in [0.5, 0.6) is 0 Å². The van der Waals surface area contributed by atoms with Crippen molar-refractivity contribution in [1.82, 2.24) is 10.2 Å². The zero-order valence-corrected chi connectivity index (χ0v) is 19.8. The van der Waals surface area contributed by atoms with E-state index >= 15 is 0 Å². The SMILES string of the molecule is Cc1cccc(NC(=O)c2ccccc2NC(=O)CSc2nnc(NCC3CCCO3)s2)c1. The van der Waals surface area contributed by atoms with Gasteiger partial charge in [0.05, 0.1) is 23.1 Å². The lowest BCUT2D eigenvalue weighted by Crippen LogP contribution is -2.19. The largest absolute Gasteiger partial charge is 0.376 e. The summed E-state index contributed by atoms with van der Waals surface area (Å²) in [6.07, 6.45) is 2.37. The van der Waals surface area contributed by atoms with Gasteiger partial charge in [0.2, 0.25) is 11.0 Å². The van der Waals surface area contributed by atoms with E-state index in [1.165, 1.54) is 23.1 Å². The summed E-state index contributed by atoms with van der Waals surface area (Å²) >= 11 is 2.71. The number of rotatable bonds is 9. The van der Waals surface area contributed by atoms with Crippen molar-refractivity contribution in [2.75, 3.05) is 34.9 Å². The van der Waals surface area contributed by atoms with Crippen LogP contribution in [0, 0.1) is 6.92 Å². The normalized spacial score (nSPS) is 15.2. The molecule has 4 rings (SSSR count). The second-order valence-corrected chi connectivity index (χ2v) is 9.80. The molecule has 1 saturated heterocycles. The molecule has 2 amide bonds. The number of carbonyl (C=O) groups is 2. The predicted octanol–water partition coefficient (Wildman–Crippen LogP) is 4.42. The monoisotopic (exact) mass is 483 g/mol. The molecule has 0 saturated carbocycles. The van der Waals surface area contributed by atoms with Crippen LogP contribution < -0.4 is 16.0 Å². The average Bonchev–Trinajstić information content (AvgIpc) is 3.49. The van der Waals surface area contributed by atoms with E-state index in [1.807, 2.05) is 31.2 Å². The van der Waals surface area contributed by atoms with Gasteiger partial charge in [-0.2, -0.15) is 0 Å². The first-order chi connectivity index (χ1) is 16.1. The Kier molecular flexibility index (Phi) is 7.92. The maximum absolute atomic E-state index is 12.8.